The second kappa shape index (κ2) is 8.46. The van der Waals surface area contributed by atoms with Gasteiger partial charge in [-0.2, -0.15) is 17.6 Å². The average molecular weight is 309 g/mol. The summed E-state index contributed by atoms with van der Waals surface area (Å²) in [6, 6.07) is 0. The number of hydrogen-bond acceptors (Lipinski definition) is 1. The van der Waals surface area contributed by atoms with E-state index >= 15 is 0 Å². The van der Waals surface area contributed by atoms with Crippen molar-refractivity contribution < 1.29 is 17.4 Å². The topological polar surface area (TPSA) is 29.4 Å². The van der Waals surface area contributed by atoms with Crippen LogP contribution >= 0.6 is 0 Å². The van der Waals surface area contributed by atoms with Gasteiger partial charge in [0.1, 0.15) is 11.0 Å². The molecule has 0 aromatic heterocycles. The van der Waals surface area contributed by atoms with Crippen LogP contribution in [0.25, 0.3) is 0 Å². The number of nitrogens with zero attached hydrogens (tertiary/aromatic N) is 1. The summed E-state index contributed by atoms with van der Waals surface area (Å²) in [5.41, 5.74) is -1.25. The highest BCUT2D eigenvalue weighted by molar-refractivity contribution is 7.85. The van der Waals surface area contributed by atoms with Gasteiger partial charge in [-0.05, 0) is 33.1 Å². The zero-order valence-electron chi connectivity index (χ0n) is 12.4. The predicted octanol–water partition coefficient (Wildman–Crippen LogP) is 4.43. The average Bonchev–Trinajstić information content (AvgIpc) is 2.29. The molecule has 0 N–H and O–H groups in total. The molecule has 0 bridgehead atoms. The molecule has 1 atom stereocenters. The quantitative estimate of drug-likeness (QED) is 0.420. The molecule has 0 fully saturated rings. The van der Waals surface area contributed by atoms with E-state index in [1.165, 1.54) is 0 Å². The molecule has 0 saturated carbocycles. The van der Waals surface area contributed by atoms with Crippen molar-refractivity contribution in [2.45, 2.75) is 70.7 Å². The lowest BCUT2D eigenvalue weighted by Crippen LogP contribution is -2.26. The number of hydrogen-bond donors (Lipinski definition) is 0. The Morgan fingerprint density at radius 1 is 1.15 bits per heavy atom. The van der Waals surface area contributed by atoms with Gasteiger partial charge in [0.05, 0.1) is 4.75 Å². The van der Waals surface area contributed by atoms with Crippen LogP contribution in [0.15, 0.2) is 4.40 Å². The van der Waals surface area contributed by atoms with E-state index in [1.807, 2.05) is 5.92 Å². The van der Waals surface area contributed by atoms with Crippen LogP contribution < -0.4 is 0 Å². The smallest absolute Gasteiger partial charge is 0.234 e. The molecule has 0 heterocycles. The highest BCUT2D eigenvalue weighted by atomic mass is 32.2. The van der Waals surface area contributed by atoms with E-state index in [2.05, 4.69) is 17.2 Å². The Morgan fingerprint density at radius 2 is 1.75 bits per heavy atom. The summed E-state index contributed by atoms with van der Waals surface area (Å²) in [6.45, 7) is 6.76. The van der Waals surface area contributed by atoms with Crippen molar-refractivity contribution in [1.29, 1.82) is 0 Å². The molecule has 0 aromatic rings. The molecule has 0 aliphatic carbocycles. The molecule has 2 nitrogen and oxygen atoms in total. The molecule has 0 spiro atoms. The molecular weight excluding hydrogens is 287 g/mol. The minimum atomic E-state index is -4.66. The summed E-state index contributed by atoms with van der Waals surface area (Å²) < 4.78 is 52.3. The van der Waals surface area contributed by atoms with Gasteiger partial charge >= 0.3 is 6.18 Å². The molecule has 0 aromatic carbocycles. The molecule has 0 rings (SSSR count). The van der Waals surface area contributed by atoms with E-state index in [0.717, 1.165) is 25.7 Å². The minimum Gasteiger partial charge on any atom is -0.234 e. The molecule has 6 heteroatoms. The molecular formula is C14H22F3NOS. The van der Waals surface area contributed by atoms with E-state index in [-0.39, 0.29) is 0 Å². The molecule has 0 saturated heterocycles. The normalized spacial score (nSPS) is 14.7. The summed E-state index contributed by atoms with van der Waals surface area (Å²) in [6.07, 6.45) is -0.413. The second-order valence-electron chi connectivity index (χ2n) is 5.41. The van der Waals surface area contributed by atoms with Crippen LogP contribution in [0, 0.1) is 11.8 Å². The van der Waals surface area contributed by atoms with E-state index in [4.69, 9.17) is 0 Å². The summed E-state index contributed by atoms with van der Waals surface area (Å²) in [4.78, 5) is 0. The van der Waals surface area contributed by atoms with E-state index in [1.54, 1.807) is 20.8 Å². The van der Waals surface area contributed by atoms with Crippen molar-refractivity contribution in [3.8, 4) is 11.8 Å². The van der Waals surface area contributed by atoms with Crippen molar-refractivity contribution in [2.75, 3.05) is 0 Å². The highest BCUT2D eigenvalue weighted by Gasteiger charge is 2.36. The Labute approximate surface area is 121 Å². The van der Waals surface area contributed by atoms with Gasteiger partial charge in [0, 0.05) is 6.42 Å². The maximum absolute atomic E-state index is 12.7. The monoisotopic (exact) mass is 309 g/mol. The zero-order chi connectivity index (χ0) is 15.8. The first-order valence-electron chi connectivity index (χ1n) is 6.65. The fraction of sp³-hybridized carbons (Fsp3) is 0.786. The van der Waals surface area contributed by atoms with Gasteiger partial charge in [-0.3, -0.25) is 0 Å². The summed E-state index contributed by atoms with van der Waals surface area (Å²) >= 11 is 0. The summed E-state index contributed by atoms with van der Waals surface area (Å²) in [5, 5.41) is 0. The number of halogens is 3. The van der Waals surface area contributed by atoms with E-state index in [0.29, 0.717) is 6.42 Å². The van der Waals surface area contributed by atoms with Gasteiger partial charge in [-0.1, -0.05) is 32.1 Å². The van der Waals surface area contributed by atoms with Gasteiger partial charge in [0.2, 0.25) is 5.71 Å². The number of alkyl halides is 3. The molecule has 0 aliphatic heterocycles. The standard InChI is InChI=1S/C14H22F3NOS/c1-5-6-7-8-9-10-11-12(14(15,16)17)18-20(19)13(2,3)4/h5-9H2,1-4H3/b18-12+/t20-/m0/s1. The summed E-state index contributed by atoms with van der Waals surface area (Å²) in [5.74, 6) is 4.49. The molecule has 0 radical (unpaired) electrons. The third-order valence-corrected chi connectivity index (χ3v) is 3.72. The van der Waals surface area contributed by atoms with Gasteiger partial charge in [-0.15, -0.1) is 0 Å². The minimum absolute atomic E-state index is 0.400. The zero-order valence-corrected chi connectivity index (χ0v) is 13.2. The molecule has 116 valence electrons. The van der Waals surface area contributed by atoms with Crippen LogP contribution in [0.2, 0.25) is 0 Å². The second-order valence-corrected chi connectivity index (χ2v) is 7.32. The largest absolute Gasteiger partial charge is 0.442 e. The van der Waals surface area contributed by atoms with Crippen molar-refractivity contribution in [3.05, 3.63) is 0 Å². The lowest BCUT2D eigenvalue weighted by molar-refractivity contribution is -0.0570. The van der Waals surface area contributed by atoms with Crippen LogP contribution in [0.1, 0.15) is 59.8 Å². The maximum atomic E-state index is 12.7. The fourth-order valence-electron chi connectivity index (χ4n) is 1.15. The molecule has 0 unspecified atom stereocenters. The third-order valence-electron chi connectivity index (χ3n) is 2.33. The van der Waals surface area contributed by atoms with E-state index in [9.17, 15) is 17.4 Å². The Balaban J connectivity index is 4.82. The molecule has 0 amide bonds. The van der Waals surface area contributed by atoms with Crippen LogP contribution in [-0.4, -0.2) is 20.8 Å². The Hall–Kier alpha value is -0.830. The SMILES string of the molecule is CCCCCCC#C/C(=N\[S@@](=O)C(C)(C)C)C(F)(F)F. The van der Waals surface area contributed by atoms with Crippen molar-refractivity contribution in [2.24, 2.45) is 4.40 Å². The summed E-state index contributed by atoms with van der Waals surface area (Å²) in [7, 11) is -1.96. The first-order valence-corrected chi connectivity index (χ1v) is 7.76. The predicted molar refractivity (Wildman–Crippen MR) is 77.9 cm³/mol. The first-order chi connectivity index (χ1) is 9.09. The van der Waals surface area contributed by atoms with Crippen LogP contribution in [0.5, 0.6) is 0 Å². The fourth-order valence-corrected chi connectivity index (χ4v) is 1.74. The van der Waals surface area contributed by atoms with Crippen LogP contribution in [-0.2, 0) is 11.0 Å². The first kappa shape index (κ1) is 19.2. The van der Waals surface area contributed by atoms with E-state index < -0.39 is 27.6 Å². The Morgan fingerprint density at radius 3 is 2.20 bits per heavy atom. The number of unbranched alkanes of at least 4 members (excludes halogenated alkanes) is 4. The van der Waals surface area contributed by atoms with Gasteiger partial charge in [-0.25, -0.2) is 4.21 Å². The lowest BCUT2D eigenvalue weighted by atomic mass is 10.1. The van der Waals surface area contributed by atoms with Crippen molar-refractivity contribution in [3.63, 3.8) is 0 Å². The molecule has 0 aliphatic rings. The van der Waals surface area contributed by atoms with Gasteiger partial charge < -0.3 is 0 Å². The molecule has 20 heavy (non-hydrogen) atoms. The van der Waals surface area contributed by atoms with Crippen LogP contribution in [0.4, 0.5) is 13.2 Å². The van der Waals surface area contributed by atoms with Gasteiger partial charge in [0.15, 0.2) is 0 Å². The lowest BCUT2D eigenvalue weighted by Gasteiger charge is -2.14. The van der Waals surface area contributed by atoms with Crippen LogP contribution in [0.3, 0.4) is 0 Å². The number of rotatable bonds is 5. The van der Waals surface area contributed by atoms with Crippen molar-refractivity contribution >= 4 is 16.7 Å². The van der Waals surface area contributed by atoms with Gasteiger partial charge in [0.25, 0.3) is 0 Å². The maximum Gasteiger partial charge on any atom is 0.442 e. The highest BCUT2D eigenvalue weighted by Crippen LogP contribution is 2.20. The Kier molecular flexibility index (Phi) is 8.10. The third kappa shape index (κ3) is 8.36. The van der Waals surface area contributed by atoms with Crippen molar-refractivity contribution in [1.82, 2.24) is 0 Å². The Bertz CT molecular complexity index is 411.